The van der Waals surface area contributed by atoms with Gasteiger partial charge < -0.3 is 19.6 Å². The van der Waals surface area contributed by atoms with Crippen LogP contribution in [0.5, 0.6) is 11.6 Å². The molecular formula is C7H6F3N3O6S. The third-order valence-corrected chi connectivity index (χ3v) is 2.72. The molecule has 9 nitrogen and oxygen atoms in total. The number of alkyl halides is 3. The molecule has 0 saturated carbocycles. The molecule has 20 heavy (non-hydrogen) atoms. The zero-order valence-electron chi connectivity index (χ0n) is 9.54. The Bertz CT molecular complexity index is 644. The van der Waals surface area contributed by atoms with Crippen LogP contribution in [0.1, 0.15) is 0 Å². The Kier molecular flexibility index (Phi) is 4.04. The molecule has 1 rings (SSSR count). The minimum atomic E-state index is -5.26. The summed E-state index contributed by atoms with van der Waals surface area (Å²) in [6, 6.07) is 0.359. The molecule has 1 heterocycles. The first-order chi connectivity index (χ1) is 8.95. The van der Waals surface area contributed by atoms with Crippen LogP contribution in [0.25, 0.3) is 0 Å². The van der Waals surface area contributed by atoms with Gasteiger partial charge in [0.05, 0.1) is 13.2 Å². The second-order valence-corrected chi connectivity index (χ2v) is 4.70. The van der Waals surface area contributed by atoms with Crippen LogP contribution in [0.15, 0.2) is 11.0 Å². The number of halogens is 3. The normalized spacial score (nSPS) is 12.1. The van der Waals surface area contributed by atoms with Gasteiger partial charge in [0, 0.05) is 4.98 Å². The number of hydrogen-bond acceptors (Lipinski definition) is 7. The van der Waals surface area contributed by atoms with Gasteiger partial charge in [0.15, 0.2) is 0 Å². The van der Waals surface area contributed by atoms with Crippen LogP contribution in [0.4, 0.5) is 19.0 Å². The van der Waals surface area contributed by atoms with E-state index in [1.807, 2.05) is 0 Å². The second-order valence-electron chi connectivity index (χ2n) is 3.17. The average molecular weight is 317 g/mol. The van der Waals surface area contributed by atoms with Crippen molar-refractivity contribution in [2.75, 3.05) is 7.11 Å². The van der Waals surface area contributed by atoms with Crippen molar-refractivity contribution in [3.05, 3.63) is 16.2 Å². The van der Waals surface area contributed by atoms with Crippen LogP contribution in [-0.4, -0.2) is 31.8 Å². The van der Waals surface area contributed by atoms with E-state index < -0.39 is 43.7 Å². The van der Waals surface area contributed by atoms with Gasteiger partial charge in [0.2, 0.25) is 15.8 Å². The maximum Gasteiger partial charge on any atom is 0.575 e. The third kappa shape index (κ3) is 3.67. The van der Waals surface area contributed by atoms with Gasteiger partial charge in [-0.25, -0.2) is 13.6 Å². The van der Waals surface area contributed by atoms with E-state index in [-0.39, 0.29) is 0 Å². The predicted octanol–water partition coefficient (Wildman–Crippen LogP) is 0.544. The molecule has 0 radical (unpaired) electrons. The lowest BCUT2D eigenvalue weighted by atomic mass is 10.4. The van der Waals surface area contributed by atoms with Gasteiger partial charge in [-0.2, -0.15) is 0 Å². The highest BCUT2D eigenvalue weighted by molar-refractivity contribution is 7.89. The van der Waals surface area contributed by atoms with Crippen LogP contribution in [0.3, 0.4) is 0 Å². The van der Waals surface area contributed by atoms with Gasteiger partial charge in [-0.1, -0.05) is 0 Å². The quantitative estimate of drug-likeness (QED) is 0.632. The van der Waals surface area contributed by atoms with Gasteiger partial charge in [-0.15, -0.1) is 13.2 Å². The molecule has 0 aliphatic rings. The van der Waals surface area contributed by atoms with E-state index >= 15 is 0 Å². The minimum absolute atomic E-state index is 0.359. The molecule has 0 aliphatic heterocycles. The molecule has 0 fully saturated rings. The van der Waals surface area contributed by atoms with E-state index in [0.29, 0.717) is 6.07 Å². The Labute approximate surface area is 109 Å². The van der Waals surface area contributed by atoms with Gasteiger partial charge >= 0.3 is 18.1 Å². The Balaban J connectivity index is 3.64. The largest absolute Gasteiger partial charge is 0.575 e. The average Bonchev–Trinajstić information content (AvgIpc) is 2.24. The highest BCUT2D eigenvalue weighted by Gasteiger charge is 2.38. The smallest absolute Gasteiger partial charge is 0.489 e. The topological polar surface area (TPSA) is 135 Å². The first-order valence-electron chi connectivity index (χ1n) is 4.47. The number of nitro groups is 1. The minimum Gasteiger partial charge on any atom is -0.489 e. The van der Waals surface area contributed by atoms with E-state index in [1.165, 1.54) is 0 Å². The number of primary sulfonamides is 1. The summed E-state index contributed by atoms with van der Waals surface area (Å²) in [5.41, 5.74) is 0. The van der Waals surface area contributed by atoms with Crippen molar-refractivity contribution in [2.45, 2.75) is 11.3 Å². The van der Waals surface area contributed by atoms with E-state index in [9.17, 15) is 31.7 Å². The molecule has 0 spiro atoms. The Hall–Kier alpha value is -2.15. The van der Waals surface area contributed by atoms with Crippen molar-refractivity contribution in [1.82, 2.24) is 4.98 Å². The van der Waals surface area contributed by atoms with Crippen molar-refractivity contribution in [2.24, 2.45) is 5.14 Å². The maximum absolute atomic E-state index is 12.2. The summed E-state index contributed by atoms with van der Waals surface area (Å²) >= 11 is 0. The molecular weight excluding hydrogens is 311 g/mol. The van der Waals surface area contributed by atoms with Crippen LogP contribution in [0, 0.1) is 10.1 Å². The van der Waals surface area contributed by atoms with Crippen molar-refractivity contribution in [3.63, 3.8) is 0 Å². The molecule has 0 saturated heterocycles. The number of aromatic nitrogens is 1. The van der Waals surface area contributed by atoms with Gasteiger partial charge in [-0.3, -0.25) is 0 Å². The van der Waals surface area contributed by atoms with E-state index in [4.69, 9.17) is 5.14 Å². The first kappa shape index (κ1) is 15.9. The molecule has 112 valence electrons. The number of nitrogens with two attached hydrogens (primary N) is 1. The van der Waals surface area contributed by atoms with Crippen molar-refractivity contribution >= 4 is 15.8 Å². The van der Waals surface area contributed by atoms with E-state index in [1.54, 1.807) is 0 Å². The van der Waals surface area contributed by atoms with Crippen LogP contribution in [0.2, 0.25) is 0 Å². The summed E-state index contributed by atoms with van der Waals surface area (Å²) in [5.74, 6) is -3.62. The second kappa shape index (κ2) is 5.09. The standard InChI is InChI=1S/C7H6F3N3O6S/c1-18-5-3(20(11,16)17)2-4(13(14)15)12-6(5)19-7(8,9)10/h2H,1H3,(H2,11,16,17). The van der Waals surface area contributed by atoms with E-state index in [2.05, 4.69) is 14.5 Å². The van der Waals surface area contributed by atoms with Gasteiger partial charge in [0.25, 0.3) is 0 Å². The number of sulfonamides is 1. The van der Waals surface area contributed by atoms with Crippen LogP contribution in [-0.2, 0) is 10.0 Å². The monoisotopic (exact) mass is 317 g/mol. The highest BCUT2D eigenvalue weighted by Crippen LogP contribution is 2.37. The Morgan fingerprint density at radius 2 is 2.00 bits per heavy atom. The molecule has 0 atom stereocenters. The number of methoxy groups -OCH3 is 1. The summed E-state index contributed by atoms with van der Waals surface area (Å²) in [7, 11) is -3.78. The summed E-state index contributed by atoms with van der Waals surface area (Å²) in [6.45, 7) is 0. The molecule has 0 aliphatic carbocycles. The lowest BCUT2D eigenvalue weighted by Gasteiger charge is -2.10. The van der Waals surface area contributed by atoms with Crippen molar-refractivity contribution < 1.29 is 36.0 Å². The molecule has 0 amide bonds. The molecule has 0 aromatic carbocycles. The predicted molar refractivity (Wildman–Crippen MR) is 55.5 cm³/mol. The van der Waals surface area contributed by atoms with Crippen LogP contribution < -0.4 is 14.6 Å². The molecule has 0 unspecified atom stereocenters. The highest BCUT2D eigenvalue weighted by atomic mass is 32.2. The lowest BCUT2D eigenvalue weighted by Crippen LogP contribution is -2.21. The SMILES string of the molecule is COc1c(S(N)(=O)=O)cc([N+](=O)[O-])nc1OC(F)(F)F. The van der Waals surface area contributed by atoms with Crippen molar-refractivity contribution in [3.8, 4) is 11.6 Å². The maximum atomic E-state index is 12.2. The number of pyridine rings is 1. The number of rotatable bonds is 4. The van der Waals surface area contributed by atoms with Gasteiger partial charge in [-0.05, 0) is 4.92 Å². The van der Waals surface area contributed by atoms with Crippen molar-refractivity contribution in [1.29, 1.82) is 0 Å². The third-order valence-electron chi connectivity index (χ3n) is 1.80. The Morgan fingerprint density at radius 3 is 2.35 bits per heavy atom. The molecule has 0 bridgehead atoms. The fourth-order valence-electron chi connectivity index (χ4n) is 1.15. The molecule has 1 aromatic rings. The summed E-state index contributed by atoms with van der Waals surface area (Å²) < 4.78 is 66.7. The van der Waals surface area contributed by atoms with Gasteiger partial charge in [0.1, 0.15) is 4.90 Å². The lowest BCUT2D eigenvalue weighted by molar-refractivity contribution is -0.390. The van der Waals surface area contributed by atoms with E-state index in [0.717, 1.165) is 7.11 Å². The summed E-state index contributed by atoms with van der Waals surface area (Å²) in [4.78, 5) is 11.2. The number of ether oxygens (including phenoxy) is 2. The summed E-state index contributed by atoms with van der Waals surface area (Å²) in [5, 5.41) is 15.3. The molecule has 1 aromatic heterocycles. The zero-order valence-corrected chi connectivity index (χ0v) is 10.4. The van der Waals surface area contributed by atoms with Crippen LogP contribution >= 0.6 is 0 Å². The molecule has 13 heteroatoms. The fourth-order valence-corrected chi connectivity index (χ4v) is 1.85. The summed E-state index contributed by atoms with van der Waals surface area (Å²) in [6.07, 6.45) is -5.26. The fraction of sp³-hybridized carbons (Fsp3) is 0.286. The Morgan fingerprint density at radius 1 is 1.45 bits per heavy atom. The number of nitrogens with zero attached hydrogens (tertiary/aromatic N) is 2. The first-order valence-corrected chi connectivity index (χ1v) is 6.02. The molecule has 2 N–H and O–H groups in total. The number of hydrogen-bond donors (Lipinski definition) is 1. The zero-order chi connectivity index (χ0) is 15.7.